The molecule has 0 saturated heterocycles. The summed E-state index contributed by atoms with van der Waals surface area (Å²) in [5.41, 5.74) is 2.18. The van der Waals surface area contributed by atoms with Crippen LogP contribution in [0, 0.1) is 6.92 Å². The molecule has 4 rings (SSSR count). The van der Waals surface area contributed by atoms with E-state index in [9.17, 15) is 18.0 Å². The SMILES string of the molecule is CC(=O)Nc1ccc(S(=O)(=O)N2CCc3nc4scc(C)n4c(=O)c3C2)cc1. The molecule has 146 valence electrons. The zero-order valence-corrected chi connectivity index (χ0v) is 16.9. The van der Waals surface area contributed by atoms with E-state index in [-0.39, 0.29) is 29.5 Å². The normalized spacial score (nSPS) is 14.8. The van der Waals surface area contributed by atoms with Crippen molar-refractivity contribution >= 4 is 37.9 Å². The van der Waals surface area contributed by atoms with Gasteiger partial charge in [-0.15, -0.1) is 11.3 Å². The van der Waals surface area contributed by atoms with Crippen LogP contribution in [0.1, 0.15) is 23.9 Å². The predicted octanol–water partition coefficient (Wildman–Crippen LogP) is 1.77. The number of amides is 1. The molecule has 2 aromatic heterocycles. The lowest BCUT2D eigenvalue weighted by Gasteiger charge is -2.27. The molecule has 0 atom stereocenters. The first kappa shape index (κ1) is 18.8. The first-order valence-electron chi connectivity index (χ1n) is 8.64. The predicted molar refractivity (Wildman–Crippen MR) is 106 cm³/mol. The van der Waals surface area contributed by atoms with E-state index in [0.717, 1.165) is 5.69 Å². The largest absolute Gasteiger partial charge is 0.326 e. The van der Waals surface area contributed by atoms with E-state index in [0.29, 0.717) is 28.3 Å². The van der Waals surface area contributed by atoms with E-state index in [2.05, 4.69) is 10.3 Å². The van der Waals surface area contributed by atoms with Gasteiger partial charge in [0.15, 0.2) is 4.96 Å². The summed E-state index contributed by atoms with van der Waals surface area (Å²) in [7, 11) is -3.77. The van der Waals surface area contributed by atoms with Crippen LogP contribution in [0.5, 0.6) is 0 Å². The van der Waals surface area contributed by atoms with Crippen molar-refractivity contribution in [2.24, 2.45) is 0 Å². The molecule has 3 heterocycles. The number of aryl methyl sites for hydroxylation is 1. The Balaban J connectivity index is 1.68. The number of nitrogens with one attached hydrogen (secondary N) is 1. The smallest absolute Gasteiger partial charge is 0.263 e. The molecule has 0 spiro atoms. The van der Waals surface area contributed by atoms with Crippen LogP contribution >= 0.6 is 11.3 Å². The van der Waals surface area contributed by atoms with Gasteiger partial charge in [-0.05, 0) is 31.2 Å². The Morgan fingerprint density at radius 2 is 1.96 bits per heavy atom. The van der Waals surface area contributed by atoms with Gasteiger partial charge >= 0.3 is 0 Å². The van der Waals surface area contributed by atoms with Gasteiger partial charge in [0, 0.05) is 43.2 Å². The van der Waals surface area contributed by atoms with Gasteiger partial charge in [0.25, 0.3) is 5.56 Å². The fraction of sp³-hybridized carbons (Fsp3) is 0.278. The summed E-state index contributed by atoms with van der Waals surface area (Å²) >= 11 is 1.40. The molecule has 0 unspecified atom stereocenters. The van der Waals surface area contributed by atoms with Gasteiger partial charge in [0.2, 0.25) is 15.9 Å². The average molecular weight is 419 g/mol. The Kier molecular flexibility index (Phi) is 4.56. The minimum atomic E-state index is -3.77. The Morgan fingerprint density at radius 3 is 2.64 bits per heavy atom. The van der Waals surface area contributed by atoms with E-state index in [1.54, 1.807) is 12.1 Å². The highest BCUT2D eigenvalue weighted by atomic mass is 32.2. The Labute approximate surface area is 165 Å². The summed E-state index contributed by atoms with van der Waals surface area (Å²) in [6.07, 6.45) is 0.390. The molecule has 1 aliphatic heterocycles. The van der Waals surface area contributed by atoms with Crippen molar-refractivity contribution in [3.8, 4) is 0 Å². The number of aromatic nitrogens is 2. The number of fused-ring (bicyclic) bond motifs is 2. The van der Waals surface area contributed by atoms with Crippen LogP contribution in [0.25, 0.3) is 4.96 Å². The number of rotatable bonds is 3. The molecule has 1 amide bonds. The molecule has 28 heavy (non-hydrogen) atoms. The minimum absolute atomic E-state index is 0.00479. The third-order valence-corrected chi connectivity index (χ3v) is 7.47. The summed E-state index contributed by atoms with van der Waals surface area (Å²) in [4.78, 5) is 29.3. The molecular weight excluding hydrogens is 400 g/mol. The monoisotopic (exact) mass is 418 g/mol. The highest BCUT2D eigenvalue weighted by molar-refractivity contribution is 7.89. The lowest BCUT2D eigenvalue weighted by atomic mass is 10.1. The molecule has 0 fully saturated rings. The standard InChI is InChI=1S/C18H18N4O4S2/c1-11-10-27-18-20-16-7-8-21(9-15(16)17(24)22(11)18)28(25,26)14-5-3-13(4-6-14)19-12(2)23/h3-6,10H,7-9H2,1-2H3,(H,19,23). The third kappa shape index (κ3) is 3.13. The summed E-state index contributed by atoms with van der Waals surface area (Å²) in [5.74, 6) is -0.230. The number of thiazole rings is 1. The molecular formula is C18H18N4O4S2. The number of sulfonamides is 1. The Morgan fingerprint density at radius 1 is 1.25 bits per heavy atom. The first-order valence-corrected chi connectivity index (χ1v) is 11.0. The van der Waals surface area contributed by atoms with Gasteiger partial charge in [-0.25, -0.2) is 13.4 Å². The van der Waals surface area contributed by atoms with Crippen molar-refractivity contribution in [3.05, 3.63) is 57.0 Å². The highest BCUT2D eigenvalue weighted by Crippen LogP contribution is 2.25. The number of hydrogen-bond acceptors (Lipinski definition) is 6. The average Bonchev–Trinajstić information content (AvgIpc) is 3.02. The Bertz CT molecular complexity index is 1240. The number of nitrogens with zero attached hydrogens (tertiary/aromatic N) is 3. The number of hydrogen-bond donors (Lipinski definition) is 1. The van der Waals surface area contributed by atoms with Gasteiger partial charge < -0.3 is 5.32 Å². The fourth-order valence-corrected chi connectivity index (χ4v) is 5.56. The molecule has 0 radical (unpaired) electrons. The van der Waals surface area contributed by atoms with Crippen LogP contribution in [-0.4, -0.2) is 34.6 Å². The van der Waals surface area contributed by atoms with E-state index in [1.807, 2.05) is 12.3 Å². The third-order valence-electron chi connectivity index (χ3n) is 4.66. The van der Waals surface area contributed by atoms with Crippen molar-refractivity contribution in [2.75, 3.05) is 11.9 Å². The maximum Gasteiger partial charge on any atom is 0.263 e. The van der Waals surface area contributed by atoms with Crippen molar-refractivity contribution in [2.45, 2.75) is 31.7 Å². The van der Waals surface area contributed by atoms with Crippen molar-refractivity contribution in [3.63, 3.8) is 0 Å². The van der Waals surface area contributed by atoms with Gasteiger partial charge in [-0.2, -0.15) is 4.31 Å². The molecule has 10 heteroatoms. The van der Waals surface area contributed by atoms with Gasteiger partial charge in [-0.3, -0.25) is 14.0 Å². The maximum absolute atomic E-state index is 13.0. The van der Waals surface area contributed by atoms with Crippen LogP contribution < -0.4 is 10.9 Å². The fourth-order valence-electron chi connectivity index (χ4n) is 3.28. The molecule has 1 N–H and O–H groups in total. The van der Waals surface area contributed by atoms with Crippen LogP contribution in [0.2, 0.25) is 0 Å². The quantitative estimate of drug-likeness (QED) is 0.699. The lowest BCUT2D eigenvalue weighted by Crippen LogP contribution is -2.40. The van der Waals surface area contributed by atoms with Gasteiger partial charge in [-0.1, -0.05) is 0 Å². The van der Waals surface area contributed by atoms with Crippen LogP contribution in [-0.2, 0) is 27.8 Å². The molecule has 1 aliphatic rings. The van der Waals surface area contributed by atoms with Gasteiger partial charge in [0.1, 0.15) is 0 Å². The van der Waals surface area contributed by atoms with Crippen molar-refractivity contribution in [1.82, 2.24) is 13.7 Å². The summed E-state index contributed by atoms with van der Waals surface area (Å²) in [5, 5.41) is 4.47. The summed E-state index contributed by atoms with van der Waals surface area (Å²) < 4.78 is 28.9. The molecule has 0 saturated carbocycles. The molecule has 0 bridgehead atoms. The molecule has 3 aromatic rings. The first-order chi connectivity index (χ1) is 13.3. The second-order valence-corrected chi connectivity index (χ2v) is 9.41. The minimum Gasteiger partial charge on any atom is -0.326 e. The number of carbonyl (C=O) groups excluding carboxylic acids is 1. The van der Waals surface area contributed by atoms with E-state index >= 15 is 0 Å². The summed E-state index contributed by atoms with van der Waals surface area (Å²) in [6, 6.07) is 5.99. The van der Waals surface area contributed by atoms with Crippen molar-refractivity contribution < 1.29 is 13.2 Å². The highest BCUT2D eigenvalue weighted by Gasteiger charge is 2.31. The van der Waals surface area contributed by atoms with E-state index in [1.165, 1.54) is 39.1 Å². The second-order valence-electron chi connectivity index (χ2n) is 6.63. The Hall–Kier alpha value is -2.56. The molecule has 8 nitrogen and oxygen atoms in total. The zero-order valence-electron chi connectivity index (χ0n) is 15.3. The van der Waals surface area contributed by atoms with Gasteiger partial charge in [0.05, 0.1) is 16.2 Å². The van der Waals surface area contributed by atoms with E-state index in [4.69, 9.17) is 0 Å². The molecule has 1 aromatic carbocycles. The maximum atomic E-state index is 13.0. The lowest BCUT2D eigenvalue weighted by molar-refractivity contribution is -0.114. The second kappa shape index (κ2) is 6.80. The number of anilines is 1. The molecule has 0 aliphatic carbocycles. The van der Waals surface area contributed by atoms with Crippen LogP contribution in [0.15, 0.2) is 39.3 Å². The summed E-state index contributed by atoms with van der Waals surface area (Å²) in [6.45, 7) is 3.46. The van der Waals surface area contributed by atoms with Crippen LogP contribution in [0.3, 0.4) is 0 Å². The number of benzene rings is 1. The van der Waals surface area contributed by atoms with E-state index < -0.39 is 10.0 Å². The van der Waals surface area contributed by atoms with Crippen LogP contribution in [0.4, 0.5) is 5.69 Å². The topological polar surface area (TPSA) is 101 Å². The zero-order chi connectivity index (χ0) is 20.1. The van der Waals surface area contributed by atoms with Crippen molar-refractivity contribution in [1.29, 1.82) is 0 Å². The number of carbonyl (C=O) groups is 1.